The molecule has 3 rings (SSSR count). The molecule has 0 atom stereocenters. The smallest absolute Gasteiger partial charge is 0.307 e. The summed E-state index contributed by atoms with van der Waals surface area (Å²) in [6, 6.07) is 8.09. The number of rotatable bonds is 6. The Balaban J connectivity index is 1.60. The lowest BCUT2D eigenvalue weighted by Gasteiger charge is -2.09. The van der Waals surface area contributed by atoms with Gasteiger partial charge in [0, 0.05) is 36.6 Å². The Labute approximate surface area is 149 Å². The molecule has 1 aromatic carbocycles. The summed E-state index contributed by atoms with van der Waals surface area (Å²) < 4.78 is 3.56. The third-order valence-electron chi connectivity index (χ3n) is 4.04. The molecule has 0 fully saturated rings. The molecule has 0 aliphatic rings. The van der Waals surface area contributed by atoms with Crippen LogP contribution < -0.4 is 10.2 Å². The number of nitrogens with one attached hydrogen (secondary N) is 1. The van der Waals surface area contributed by atoms with Gasteiger partial charge in [0.2, 0.25) is 5.91 Å². The van der Waals surface area contributed by atoms with E-state index >= 15 is 0 Å². The van der Waals surface area contributed by atoms with Crippen LogP contribution in [0.2, 0.25) is 0 Å². The molecule has 2 heterocycles. The Bertz CT molecular complexity index is 938. The Hall–Kier alpha value is -2.67. The summed E-state index contributed by atoms with van der Waals surface area (Å²) in [6.45, 7) is 5.04. The van der Waals surface area contributed by atoms with E-state index in [9.17, 15) is 9.59 Å². The van der Waals surface area contributed by atoms with E-state index in [0.717, 1.165) is 40.5 Å². The molecule has 0 radical (unpaired) electrons. The predicted molar refractivity (Wildman–Crippen MR) is 97.7 cm³/mol. The SMILES string of the molecule is Cc1nccn1Cc1cccc(CNC(=O)Cn2c(C)csc2=O)c1. The number of hydrogen-bond acceptors (Lipinski definition) is 4. The minimum Gasteiger partial charge on any atom is -0.350 e. The maximum Gasteiger partial charge on any atom is 0.307 e. The van der Waals surface area contributed by atoms with Crippen molar-refractivity contribution in [3.05, 3.63) is 74.4 Å². The highest BCUT2D eigenvalue weighted by Crippen LogP contribution is 2.09. The van der Waals surface area contributed by atoms with Crippen LogP contribution >= 0.6 is 11.3 Å². The molecule has 0 aliphatic heterocycles. The van der Waals surface area contributed by atoms with Gasteiger partial charge in [0.15, 0.2) is 0 Å². The summed E-state index contributed by atoms with van der Waals surface area (Å²) in [4.78, 5) is 27.9. The number of amides is 1. The van der Waals surface area contributed by atoms with Crippen LogP contribution in [0.5, 0.6) is 0 Å². The minimum atomic E-state index is -0.167. The molecule has 1 N–H and O–H groups in total. The highest BCUT2D eigenvalue weighted by atomic mass is 32.1. The third kappa shape index (κ3) is 4.24. The van der Waals surface area contributed by atoms with E-state index in [1.54, 1.807) is 11.6 Å². The number of hydrogen-bond donors (Lipinski definition) is 1. The molecule has 0 spiro atoms. The standard InChI is InChI=1S/C18H20N4O2S/c1-13-12-25-18(24)22(13)11-17(23)20-9-15-4-3-5-16(8-15)10-21-7-6-19-14(21)2/h3-8,12H,9-11H2,1-2H3,(H,20,23). The van der Waals surface area contributed by atoms with Crippen molar-refractivity contribution in [2.75, 3.05) is 0 Å². The van der Waals surface area contributed by atoms with Crippen molar-refractivity contribution in [2.24, 2.45) is 0 Å². The zero-order valence-electron chi connectivity index (χ0n) is 14.2. The minimum absolute atomic E-state index is 0.0576. The van der Waals surface area contributed by atoms with Crippen molar-refractivity contribution in [1.82, 2.24) is 19.4 Å². The molecule has 0 saturated carbocycles. The number of imidazole rings is 1. The van der Waals surface area contributed by atoms with Gasteiger partial charge in [-0.3, -0.25) is 14.2 Å². The quantitative estimate of drug-likeness (QED) is 0.735. The zero-order chi connectivity index (χ0) is 17.8. The van der Waals surface area contributed by atoms with Crippen LogP contribution in [-0.4, -0.2) is 20.0 Å². The van der Waals surface area contributed by atoms with E-state index in [-0.39, 0.29) is 17.3 Å². The molecular weight excluding hydrogens is 336 g/mol. The van der Waals surface area contributed by atoms with Crippen molar-refractivity contribution in [3.8, 4) is 0 Å². The molecular formula is C18H20N4O2S. The summed E-state index contributed by atoms with van der Waals surface area (Å²) in [7, 11) is 0. The van der Waals surface area contributed by atoms with Crippen molar-refractivity contribution < 1.29 is 4.79 Å². The first-order valence-electron chi connectivity index (χ1n) is 8.00. The predicted octanol–water partition coefficient (Wildman–Crippen LogP) is 2.09. The number of aromatic nitrogens is 3. The molecule has 6 nitrogen and oxygen atoms in total. The first kappa shape index (κ1) is 17.2. The molecule has 25 heavy (non-hydrogen) atoms. The maximum atomic E-state index is 12.1. The van der Waals surface area contributed by atoms with Gasteiger partial charge in [-0.1, -0.05) is 35.6 Å². The lowest BCUT2D eigenvalue weighted by molar-refractivity contribution is -0.121. The van der Waals surface area contributed by atoms with Crippen LogP contribution in [0, 0.1) is 13.8 Å². The molecule has 1 amide bonds. The molecule has 3 aromatic rings. The second-order valence-electron chi connectivity index (χ2n) is 5.93. The van der Waals surface area contributed by atoms with Gasteiger partial charge >= 0.3 is 4.87 Å². The largest absolute Gasteiger partial charge is 0.350 e. The Morgan fingerprint density at radius 2 is 2.08 bits per heavy atom. The van der Waals surface area contributed by atoms with Crippen LogP contribution in [0.15, 0.2) is 46.8 Å². The van der Waals surface area contributed by atoms with E-state index in [4.69, 9.17) is 0 Å². The van der Waals surface area contributed by atoms with E-state index in [1.807, 2.05) is 32.2 Å². The van der Waals surface area contributed by atoms with E-state index < -0.39 is 0 Å². The normalized spacial score (nSPS) is 10.8. The number of aryl methyl sites for hydroxylation is 2. The van der Waals surface area contributed by atoms with Crippen LogP contribution in [0.4, 0.5) is 0 Å². The number of carbonyl (C=O) groups excluding carboxylic acids is 1. The highest BCUT2D eigenvalue weighted by molar-refractivity contribution is 7.07. The summed E-state index contributed by atoms with van der Waals surface area (Å²) in [5.41, 5.74) is 2.98. The Morgan fingerprint density at radius 1 is 1.28 bits per heavy atom. The fraction of sp³-hybridized carbons (Fsp3) is 0.278. The Kier molecular flexibility index (Phi) is 5.14. The number of carbonyl (C=O) groups is 1. The van der Waals surface area contributed by atoms with Gasteiger partial charge in [0.05, 0.1) is 0 Å². The maximum absolute atomic E-state index is 12.1. The van der Waals surface area contributed by atoms with Crippen molar-refractivity contribution in [1.29, 1.82) is 0 Å². The van der Waals surface area contributed by atoms with Gasteiger partial charge in [0.1, 0.15) is 12.4 Å². The lowest BCUT2D eigenvalue weighted by Crippen LogP contribution is -2.30. The fourth-order valence-electron chi connectivity index (χ4n) is 2.60. The molecule has 7 heteroatoms. The second kappa shape index (κ2) is 7.48. The zero-order valence-corrected chi connectivity index (χ0v) is 15.0. The van der Waals surface area contributed by atoms with Crippen molar-refractivity contribution >= 4 is 17.2 Å². The van der Waals surface area contributed by atoms with Crippen LogP contribution in [0.25, 0.3) is 0 Å². The number of thiazole rings is 1. The number of nitrogens with zero attached hydrogens (tertiary/aromatic N) is 3. The van der Waals surface area contributed by atoms with Gasteiger partial charge in [-0.2, -0.15) is 0 Å². The van der Waals surface area contributed by atoms with E-state index in [1.165, 1.54) is 4.57 Å². The lowest BCUT2D eigenvalue weighted by atomic mass is 10.1. The van der Waals surface area contributed by atoms with Crippen LogP contribution in [0.3, 0.4) is 0 Å². The summed E-state index contributed by atoms with van der Waals surface area (Å²) in [5.74, 6) is 0.801. The summed E-state index contributed by atoms with van der Waals surface area (Å²) >= 11 is 1.11. The molecule has 0 aliphatic carbocycles. The average Bonchev–Trinajstić information content (AvgIpc) is 3.13. The Morgan fingerprint density at radius 3 is 2.76 bits per heavy atom. The molecule has 130 valence electrons. The van der Waals surface area contributed by atoms with E-state index in [2.05, 4.69) is 27.0 Å². The molecule has 0 bridgehead atoms. The van der Waals surface area contributed by atoms with Crippen molar-refractivity contribution in [3.63, 3.8) is 0 Å². The third-order valence-corrected chi connectivity index (χ3v) is 4.92. The fourth-order valence-corrected chi connectivity index (χ4v) is 3.34. The van der Waals surface area contributed by atoms with Gasteiger partial charge in [0.25, 0.3) is 0 Å². The first-order chi connectivity index (χ1) is 12.0. The highest BCUT2D eigenvalue weighted by Gasteiger charge is 2.08. The van der Waals surface area contributed by atoms with Gasteiger partial charge < -0.3 is 9.88 Å². The van der Waals surface area contributed by atoms with Crippen LogP contribution in [-0.2, 0) is 24.4 Å². The van der Waals surface area contributed by atoms with Gasteiger partial charge in [-0.25, -0.2) is 4.98 Å². The van der Waals surface area contributed by atoms with Gasteiger partial charge in [-0.15, -0.1) is 0 Å². The van der Waals surface area contributed by atoms with Crippen LogP contribution in [0.1, 0.15) is 22.6 Å². The number of benzene rings is 1. The average molecular weight is 356 g/mol. The summed E-state index contributed by atoms with van der Waals surface area (Å²) in [5, 5.41) is 4.64. The topological polar surface area (TPSA) is 68.9 Å². The van der Waals surface area contributed by atoms with E-state index in [0.29, 0.717) is 6.54 Å². The van der Waals surface area contributed by atoms with Gasteiger partial charge in [-0.05, 0) is 25.0 Å². The molecule has 0 unspecified atom stereocenters. The first-order valence-corrected chi connectivity index (χ1v) is 8.88. The molecule has 0 saturated heterocycles. The summed E-state index contributed by atoms with van der Waals surface area (Å²) in [6.07, 6.45) is 3.73. The molecule has 2 aromatic heterocycles. The second-order valence-corrected chi connectivity index (χ2v) is 6.75. The monoisotopic (exact) mass is 356 g/mol. The van der Waals surface area contributed by atoms with Crippen molar-refractivity contribution in [2.45, 2.75) is 33.5 Å².